The molecule has 0 saturated carbocycles. The monoisotopic (exact) mass is 244 g/mol. The third-order valence-electron chi connectivity index (χ3n) is 2.85. The lowest BCUT2D eigenvalue weighted by molar-refractivity contribution is -0.234. The second-order valence-corrected chi connectivity index (χ2v) is 6.93. The van der Waals surface area contributed by atoms with Gasteiger partial charge in [0.05, 0.1) is 0 Å². The summed E-state index contributed by atoms with van der Waals surface area (Å²) in [4.78, 5) is 14.3. The molecule has 0 aromatic heterocycles. The molecule has 3 nitrogen and oxygen atoms in total. The molecule has 0 amide bonds. The van der Waals surface area contributed by atoms with Crippen LogP contribution in [-0.2, 0) is 9.68 Å². The molecule has 0 aromatic rings. The van der Waals surface area contributed by atoms with E-state index in [9.17, 15) is 4.79 Å². The minimum absolute atomic E-state index is 0.316. The van der Waals surface area contributed by atoms with Gasteiger partial charge in [-0.2, -0.15) is 5.26 Å². The van der Waals surface area contributed by atoms with E-state index in [0.717, 1.165) is 19.3 Å². The molecule has 0 rings (SSSR count). The molecule has 0 atom stereocenters. The highest BCUT2D eigenvalue weighted by Gasteiger charge is 2.24. The summed E-state index contributed by atoms with van der Waals surface area (Å²) in [5, 5.41) is 8.10. The van der Waals surface area contributed by atoms with Crippen LogP contribution in [0, 0.1) is 10.8 Å². The second-order valence-electron chi connectivity index (χ2n) is 6.93. The Balaban J connectivity index is 3.69. The summed E-state index contributed by atoms with van der Waals surface area (Å²) in [6, 6.07) is 0. The summed E-state index contributed by atoms with van der Waals surface area (Å²) in [6.45, 7) is 11.4. The highest BCUT2D eigenvalue weighted by molar-refractivity contribution is 5.68. The highest BCUT2D eigenvalue weighted by atomic mass is 17.1. The lowest BCUT2D eigenvalue weighted by Crippen LogP contribution is -2.20. The number of unbranched alkanes of at least 4 members (excludes halogenated alkanes) is 2. The molecule has 0 spiro atoms. The van der Waals surface area contributed by atoms with Crippen LogP contribution in [0.3, 0.4) is 0 Å². The van der Waals surface area contributed by atoms with Gasteiger partial charge in [-0.15, -0.1) is 0 Å². The van der Waals surface area contributed by atoms with Crippen molar-refractivity contribution in [1.82, 2.24) is 0 Å². The van der Waals surface area contributed by atoms with Gasteiger partial charge in [0.2, 0.25) is 0 Å². The molecule has 0 unspecified atom stereocenters. The lowest BCUT2D eigenvalue weighted by atomic mass is 9.73. The maximum Gasteiger partial charge on any atom is 0.342 e. The average Bonchev–Trinajstić information content (AvgIpc) is 2.12. The summed E-state index contributed by atoms with van der Waals surface area (Å²) >= 11 is 0. The van der Waals surface area contributed by atoms with E-state index in [0.29, 0.717) is 17.3 Å². The van der Waals surface area contributed by atoms with Gasteiger partial charge in [-0.25, -0.2) is 4.79 Å². The first-order valence-electron chi connectivity index (χ1n) is 6.51. The van der Waals surface area contributed by atoms with E-state index in [-0.39, 0.29) is 0 Å². The van der Waals surface area contributed by atoms with Gasteiger partial charge in [-0.1, -0.05) is 47.5 Å². The fourth-order valence-electron chi connectivity index (χ4n) is 2.62. The van der Waals surface area contributed by atoms with Gasteiger partial charge in [0.25, 0.3) is 0 Å². The minimum atomic E-state index is -0.529. The summed E-state index contributed by atoms with van der Waals surface area (Å²) in [6.07, 6.45) is 5.64. The molecular weight excluding hydrogens is 216 g/mol. The largest absolute Gasteiger partial charge is 0.342 e. The summed E-state index contributed by atoms with van der Waals surface area (Å²) in [5.74, 6) is -0.529. The number of hydrogen-bond donors (Lipinski definition) is 1. The second kappa shape index (κ2) is 7.00. The van der Waals surface area contributed by atoms with E-state index < -0.39 is 5.97 Å². The van der Waals surface area contributed by atoms with Crippen molar-refractivity contribution in [3.05, 3.63) is 0 Å². The zero-order valence-electron chi connectivity index (χ0n) is 12.0. The first-order chi connectivity index (χ1) is 7.66. The molecular formula is C14H28O3. The molecule has 0 heterocycles. The quantitative estimate of drug-likeness (QED) is 0.410. The Labute approximate surface area is 105 Å². The molecule has 102 valence electrons. The molecule has 0 saturated heterocycles. The van der Waals surface area contributed by atoms with Crippen LogP contribution >= 0.6 is 0 Å². The van der Waals surface area contributed by atoms with Gasteiger partial charge in [0.15, 0.2) is 0 Å². The van der Waals surface area contributed by atoms with Gasteiger partial charge >= 0.3 is 5.97 Å². The van der Waals surface area contributed by atoms with Crippen molar-refractivity contribution >= 4 is 5.97 Å². The van der Waals surface area contributed by atoms with Crippen molar-refractivity contribution in [2.45, 2.75) is 73.1 Å². The number of rotatable bonds is 7. The number of carbonyl (C=O) groups excluding carboxylic acids is 1. The lowest BCUT2D eigenvalue weighted by Gasteiger charge is -2.32. The molecule has 0 fully saturated rings. The van der Waals surface area contributed by atoms with E-state index in [2.05, 4.69) is 39.5 Å². The highest BCUT2D eigenvalue weighted by Crippen LogP contribution is 2.36. The Morgan fingerprint density at radius 3 is 2.12 bits per heavy atom. The number of carbonyl (C=O) groups is 1. The van der Waals surface area contributed by atoms with E-state index in [1.807, 2.05) is 0 Å². The average molecular weight is 244 g/mol. The summed E-state index contributed by atoms with van der Waals surface area (Å²) in [7, 11) is 0. The van der Waals surface area contributed by atoms with E-state index in [4.69, 9.17) is 5.26 Å². The number of hydrogen-bond acceptors (Lipinski definition) is 3. The third kappa shape index (κ3) is 10.3. The van der Waals surface area contributed by atoms with E-state index >= 15 is 0 Å². The molecule has 17 heavy (non-hydrogen) atoms. The van der Waals surface area contributed by atoms with Crippen molar-refractivity contribution < 1.29 is 14.9 Å². The zero-order chi connectivity index (χ0) is 13.5. The molecule has 0 aliphatic rings. The van der Waals surface area contributed by atoms with Crippen molar-refractivity contribution in [2.75, 3.05) is 0 Å². The maximum absolute atomic E-state index is 10.7. The predicted octanol–water partition coefficient (Wildman–Crippen LogP) is 4.42. The van der Waals surface area contributed by atoms with Crippen LogP contribution in [-0.4, -0.2) is 11.2 Å². The Hall–Kier alpha value is -0.570. The van der Waals surface area contributed by atoms with Crippen molar-refractivity contribution in [1.29, 1.82) is 0 Å². The van der Waals surface area contributed by atoms with Gasteiger partial charge in [-0.3, -0.25) is 0 Å². The van der Waals surface area contributed by atoms with Crippen molar-refractivity contribution in [3.8, 4) is 0 Å². The summed E-state index contributed by atoms with van der Waals surface area (Å²) < 4.78 is 0. The van der Waals surface area contributed by atoms with Crippen LogP contribution in [0.1, 0.15) is 73.1 Å². The summed E-state index contributed by atoms with van der Waals surface area (Å²) in [5.41, 5.74) is 0.722. The molecule has 0 aromatic carbocycles. The Morgan fingerprint density at radius 1 is 1.06 bits per heavy atom. The predicted molar refractivity (Wildman–Crippen MR) is 69.7 cm³/mol. The Morgan fingerprint density at radius 2 is 1.65 bits per heavy atom. The van der Waals surface area contributed by atoms with Crippen LogP contribution < -0.4 is 0 Å². The molecule has 3 heteroatoms. The van der Waals surface area contributed by atoms with Gasteiger partial charge in [0.1, 0.15) is 0 Å². The van der Waals surface area contributed by atoms with Crippen molar-refractivity contribution in [3.63, 3.8) is 0 Å². The standard InChI is InChI=1S/C14H28O3/c1-13(2,3)11-14(4,5)10-8-6-7-9-12(15)17-16/h16H,6-11H2,1-5H3. The van der Waals surface area contributed by atoms with Crippen LogP contribution in [0.15, 0.2) is 0 Å². The first kappa shape index (κ1) is 16.4. The maximum atomic E-state index is 10.7. The van der Waals surface area contributed by atoms with Crippen LogP contribution in [0.25, 0.3) is 0 Å². The smallest absolute Gasteiger partial charge is 0.301 e. The molecule has 1 N–H and O–H groups in total. The van der Waals surface area contributed by atoms with E-state index in [1.54, 1.807) is 0 Å². The Bertz CT molecular complexity index is 226. The van der Waals surface area contributed by atoms with Crippen molar-refractivity contribution in [2.24, 2.45) is 10.8 Å². The van der Waals surface area contributed by atoms with Gasteiger partial charge < -0.3 is 4.89 Å². The fourth-order valence-corrected chi connectivity index (χ4v) is 2.62. The molecule has 0 radical (unpaired) electrons. The molecule has 0 aliphatic carbocycles. The van der Waals surface area contributed by atoms with Crippen LogP contribution in [0.4, 0.5) is 0 Å². The normalized spacial score (nSPS) is 12.6. The molecule has 0 bridgehead atoms. The minimum Gasteiger partial charge on any atom is -0.301 e. The van der Waals surface area contributed by atoms with Gasteiger partial charge in [-0.05, 0) is 30.1 Å². The van der Waals surface area contributed by atoms with Crippen LogP contribution in [0.5, 0.6) is 0 Å². The third-order valence-corrected chi connectivity index (χ3v) is 2.85. The SMILES string of the molecule is CC(C)(C)CC(C)(C)CCCCCC(=O)OO. The van der Waals surface area contributed by atoms with Gasteiger partial charge in [0, 0.05) is 6.42 Å². The van der Waals surface area contributed by atoms with E-state index in [1.165, 1.54) is 12.8 Å². The topological polar surface area (TPSA) is 46.5 Å². The zero-order valence-corrected chi connectivity index (χ0v) is 12.0. The van der Waals surface area contributed by atoms with Crippen LogP contribution in [0.2, 0.25) is 0 Å². The Kier molecular flexibility index (Phi) is 6.76. The fraction of sp³-hybridized carbons (Fsp3) is 0.929. The first-order valence-corrected chi connectivity index (χ1v) is 6.51. The molecule has 0 aliphatic heterocycles.